The summed E-state index contributed by atoms with van der Waals surface area (Å²) in [7, 11) is 2.05. The van der Waals surface area contributed by atoms with Gasteiger partial charge in [-0.25, -0.2) is 0 Å². The van der Waals surface area contributed by atoms with Gasteiger partial charge >= 0.3 is 0 Å². The zero-order chi connectivity index (χ0) is 11.4. The average Bonchev–Trinajstić information content (AvgIpc) is 2.18. The number of rotatable bonds is 4. The molecule has 2 nitrogen and oxygen atoms in total. The molecule has 0 aromatic heterocycles. The molecular weight excluding hydrogens is 208 g/mol. The summed E-state index contributed by atoms with van der Waals surface area (Å²) in [5.74, 6) is 0.702. The first-order valence-corrected chi connectivity index (χ1v) is 5.64. The molecular formula is C12H19ClN2. The van der Waals surface area contributed by atoms with E-state index in [1.165, 1.54) is 0 Å². The fourth-order valence-electron chi connectivity index (χ4n) is 1.42. The maximum Gasteiger partial charge on any atom is 0.0612 e. The molecule has 0 aliphatic rings. The Morgan fingerprint density at radius 1 is 1.40 bits per heavy atom. The number of anilines is 2. The van der Waals surface area contributed by atoms with E-state index in [1.54, 1.807) is 0 Å². The highest BCUT2D eigenvalue weighted by molar-refractivity contribution is 6.31. The van der Waals surface area contributed by atoms with Gasteiger partial charge in [0.15, 0.2) is 0 Å². The molecule has 15 heavy (non-hydrogen) atoms. The van der Waals surface area contributed by atoms with Crippen molar-refractivity contribution in [1.82, 2.24) is 0 Å². The fraction of sp³-hybridized carbons (Fsp3) is 0.500. The quantitative estimate of drug-likeness (QED) is 0.798. The van der Waals surface area contributed by atoms with Crippen LogP contribution in [0.3, 0.4) is 0 Å². The molecule has 0 bridgehead atoms. The number of nitrogens with two attached hydrogens (primary N) is 1. The highest BCUT2D eigenvalue weighted by Crippen LogP contribution is 2.26. The van der Waals surface area contributed by atoms with E-state index in [0.717, 1.165) is 29.4 Å². The second-order valence-electron chi connectivity index (χ2n) is 4.31. The van der Waals surface area contributed by atoms with E-state index in [-0.39, 0.29) is 0 Å². The lowest BCUT2D eigenvalue weighted by Gasteiger charge is -2.22. The predicted octanol–water partition coefficient (Wildman–Crippen LogP) is 3.40. The Bertz CT molecular complexity index is 323. The second kappa shape index (κ2) is 5.26. The van der Waals surface area contributed by atoms with Crippen LogP contribution in [0.25, 0.3) is 0 Å². The Hall–Kier alpha value is -0.890. The van der Waals surface area contributed by atoms with Crippen molar-refractivity contribution < 1.29 is 0 Å². The van der Waals surface area contributed by atoms with Crippen molar-refractivity contribution in [3.8, 4) is 0 Å². The maximum absolute atomic E-state index is 5.94. The number of halogens is 1. The van der Waals surface area contributed by atoms with Gasteiger partial charge in [-0.1, -0.05) is 25.4 Å². The van der Waals surface area contributed by atoms with Gasteiger partial charge in [0.25, 0.3) is 0 Å². The molecule has 0 atom stereocenters. The molecule has 1 aromatic rings. The van der Waals surface area contributed by atoms with Crippen molar-refractivity contribution >= 4 is 23.0 Å². The van der Waals surface area contributed by atoms with E-state index in [9.17, 15) is 0 Å². The Kier molecular flexibility index (Phi) is 4.28. The molecule has 0 unspecified atom stereocenters. The molecule has 0 saturated heterocycles. The standard InChI is InChI=1S/C12H19ClN2/c1-9(2)6-7-15(3)12-8-10(13)4-5-11(12)14/h4-5,8-9H,6-7,14H2,1-3H3. The highest BCUT2D eigenvalue weighted by Gasteiger charge is 2.06. The highest BCUT2D eigenvalue weighted by atomic mass is 35.5. The summed E-state index contributed by atoms with van der Waals surface area (Å²) >= 11 is 5.94. The van der Waals surface area contributed by atoms with Gasteiger partial charge in [0.2, 0.25) is 0 Å². The molecule has 0 saturated carbocycles. The monoisotopic (exact) mass is 226 g/mol. The van der Waals surface area contributed by atoms with E-state index in [2.05, 4.69) is 18.7 Å². The second-order valence-corrected chi connectivity index (χ2v) is 4.74. The molecule has 0 aliphatic heterocycles. The van der Waals surface area contributed by atoms with Crippen molar-refractivity contribution in [3.05, 3.63) is 23.2 Å². The number of nitrogens with zero attached hydrogens (tertiary/aromatic N) is 1. The minimum Gasteiger partial charge on any atom is -0.397 e. The van der Waals surface area contributed by atoms with Crippen LogP contribution in [-0.4, -0.2) is 13.6 Å². The summed E-state index contributed by atoms with van der Waals surface area (Å²) in [6.07, 6.45) is 1.16. The van der Waals surface area contributed by atoms with Crippen LogP contribution < -0.4 is 10.6 Å². The van der Waals surface area contributed by atoms with Gasteiger partial charge in [-0.05, 0) is 30.5 Å². The first kappa shape index (κ1) is 12.2. The molecule has 0 heterocycles. The third-order valence-electron chi connectivity index (χ3n) is 2.45. The third kappa shape index (κ3) is 3.63. The van der Waals surface area contributed by atoms with Gasteiger partial charge < -0.3 is 10.6 Å². The van der Waals surface area contributed by atoms with E-state index in [1.807, 2.05) is 25.2 Å². The van der Waals surface area contributed by atoms with Gasteiger partial charge in [-0.2, -0.15) is 0 Å². The van der Waals surface area contributed by atoms with Crippen LogP contribution in [0.1, 0.15) is 20.3 Å². The van der Waals surface area contributed by atoms with Crippen LogP contribution in [0.15, 0.2) is 18.2 Å². The van der Waals surface area contributed by atoms with Gasteiger partial charge in [0.05, 0.1) is 11.4 Å². The first-order valence-electron chi connectivity index (χ1n) is 5.27. The Morgan fingerprint density at radius 2 is 2.07 bits per heavy atom. The van der Waals surface area contributed by atoms with Gasteiger partial charge in [-0.15, -0.1) is 0 Å². The molecule has 2 N–H and O–H groups in total. The van der Waals surface area contributed by atoms with E-state index in [0.29, 0.717) is 5.92 Å². The largest absolute Gasteiger partial charge is 0.397 e. The summed E-state index contributed by atoms with van der Waals surface area (Å²) in [5.41, 5.74) is 7.70. The number of hydrogen-bond donors (Lipinski definition) is 1. The van der Waals surface area contributed by atoms with Crippen LogP contribution in [0, 0.1) is 5.92 Å². The molecule has 0 radical (unpaired) electrons. The Labute approximate surface area is 97.0 Å². The zero-order valence-electron chi connectivity index (χ0n) is 9.63. The Morgan fingerprint density at radius 3 is 2.67 bits per heavy atom. The van der Waals surface area contributed by atoms with Crippen molar-refractivity contribution in [2.24, 2.45) is 5.92 Å². The average molecular weight is 227 g/mol. The van der Waals surface area contributed by atoms with Crippen molar-refractivity contribution in [3.63, 3.8) is 0 Å². The van der Waals surface area contributed by atoms with Crippen LogP contribution in [0.4, 0.5) is 11.4 Å². The lowest BCUT2D eigenvalue weighted by Crippen LogP contribution is -2.20. The molecule has 1 aromatic carbocycles. The molecule has 0 fully saturated rings. The normalized spacial score (nSPS) is 10.7. The SMILES string of the molecule is CC(C)CCN(C)c1cc(Cl)ccc1N. The molecule has 3 heteroatoms. The number of nitrogen functional groups attached to an aromatic ring is 1. The minimum atomic E-state index is 0.702. The third-order valence-corrected chi connectivity index (χ3v) is 2.68. The lowest BCUT2D eigenvalue weighted by atomic mass is 10.1. The summed E-state index contributed by atoms with van der Waals surface area (Å²) in [4.78, 5) is 2.15. The smallest absolute Gasteiger partial charge is 0.0612 e. The number of hydrogen-bond acceptors (Lipinski definition) is 2. The molecule has 0 amide bonds. The van der Waals surface area contributed by atoms with Crippen molar-refractivity contribution in [2.75, 3.05) is 24.2 Å². The molecule has 0 spiro atoms. The van der Waals surface area contributed by atoms with Crippen LogP contribution >= 0.6 is 11.6 Å². The van der Waals surface area contributed by atoms with E-state index < -0.39 is 0 Å². The predicted molar refractivity (Wildman–Crippen MR) is 68.6 cm³/mol. The molecule has 1 rings (SSSR count). The van der Waals surface area contributed by atoms with Crippen molar-refractivity contribution in [1.29, 1.82) is 0 Å². The topological polar surface area (TPSA) is 29.3 Å². The van der Waals surface area contributed by atoms with Crippen LogP contribution in [-0.2, 0) is 0 Å². The summed E-state index contributed by atoms with van der Waals surface area (Å²) in [5, 5.41) is 0.732. The summed E-state index contributed by atoms with van der Waals surface area (Å²) in [6, 6.07) is 5.58. The van der Waals surface area contributed by atoms with Crippen LogP contribution in [0.5, 0.6) is 0 Å². The minimum absolute atomic E-state index is 0.702. The zero-order valence-corrected chi connectivity index (χ0v) is 10.4. The molecule has 0 aliphatic carbocycles. The lowest BCUT2D eigenvalue weighted by molar-refractivity contribution is 0.585. The van der Waals surface area contributed by atoms with E-state index in [4.69, 9.17) is 17.3 Å². The maximum atomic E-state index is 5.94. The number of benzene rings is 1. The van der Waals surface area contributed by atoms with Gasteiger partial charge in [0, 0.05) is 18.6 Å². The van der Waals surface area contributed by atoms with Gasteiger partial charge in [-0.3, -0.25) is 0 Å². The molecule has 84 valence electrons. The van der Waals surface area contributed by atoms with E-state index >= 15 is 0 Å². The fourth-order valence-corrected chi connectivity index (χ4v) is 1.59. The summed E-state index contributed by atoms with van der Waals surface area (Å²) in [6.45, 7) is 5.44. The Balaban J connectivity index is 2.72. The van der Waals surface area contributed by atoms with Crippen LogP contribution in [0.2, 0.25) is 5.02 Å². The van der Waals surface area contributed by atoms with Crippen molar-refractivity contribution in [2.45, 2.75) is 20.3 Å². The van der Waals surface area contributed by atoms with Gasteiger partial charge in [0.1, 0.15) is 0 Å². The summed E-state index contributed by atoms with van der Waals surface area (Å²) < 4.78 is 0. The first-order chi connectivity index (χ1) is 7.00.